The topological polar surface area (TPSA) is 228 Å². The SMILES string of the molecule is CC/C=C\C/C=C\C/C=C\C/C=C\C/C=C\C/C=C\C/C=C\CCCCCCCCCCCCCCCC(=O)NC(COC1OC(CO)C(OC2OC(CO)C(O)C(O)C2O)C(O)C1O)C(O)CCCCCCCCCCCC. The van der Waals surface area contributed by atoms with E-state index in [4.69, 9.17) is 18.9 Å². The number of ether oxygens (including phenoxy) is 4. The number of hydrogen-bond acceptors (Lipinski definition) is 13. The molecule has 0 aromatic heterocycles. The molecule has 12 atom stereocenters. The Kier molecular flexibility index (Phi) is 45.5. The Hall–Kier alpha value is -2.83. The molecular formula is C65H113NO13. The third-order valence-corrected chi connectivity index (χ3v) is 14.9. The standard InChI is InChI=1S/C65H113NO13/c1-3-5-7-9-11-13-15-16-17-18-19-20-21-22-23-24-25-26-27-28-29-30-31-32-33-34-35-36-37-38-39-41-43-45-47-49-57(70)66-53(54(69)48-46-44-42-40-14-12-10-8-6-4-2)52-76-64-62(75)60(73)63(56(51-68)78-64)79-65-61(74)59(72)58(71)55(50-67)77-65/h5,7,11,13,16-17,19-20,22-23,25-26,28-29,53-56,58-65,67-69,71-75H,3-4,6,8-10,12,14-15,18,21,24,27,30-52H2,1-2H3,(H,66,70)/b7-5-,13-11-,17-16-,20-19-,23-22-,26-25-,29-28-. The van der Waals surface area contributed by atoms with Crippen molar-refractivity contribution >= 4 is 5.91 Å². The zero-order valence-electron chi connectivity index (χ0n) is 49.1. The molecule has 12 unspecified atom stereocenters. The summed E-state index contributed by atoms with van der Waals surface area (Å²) in [4.78, 5) is 13.3. The van der Waals surface area contributed by atoms with E-state index in [-0.39, 0.29) is 12.5 Å². The second-order valence-electron chi connectivity index (χ2n) is 21.8. The van der Waals surface area contributed by atoms with Gasteiger partial charge in [0.15, 0.2) is 12.6 Å². The Morgan fingerprint density at radius 2 is 0.873 bits per heavy atom. The van der Waals surface area contributed by atoms with Crippen molar-refractivity contribution in [3.8, 4) is 0 Å². The van der Waals surface area contributed by atoms with Gasteiger partial charge in [0.05, 0.1) is 32.0 Å². The summed E-state index contributed by atoms with van der Waals surface area (Å²) in [5, 5.41) is 87.1. The number of carbonyl (C=O) groups is 1. The minimum Gasteiger partial charge on any atom is -0.394 e. The molecule has 456 valence electrons. The molecule has 9 N–H and O–H groups in total. The van der Waals surface area contributed by atoms with Gasteiger partial charge in [0.2, 0.25) is 5.91 Å². The van der Waals surface area contributed by atoms with Gasteiger partial charge < -0.3 is 65.1 Å². The molecule has 0 aromatic carbocycles. The summed E-state index contributed by atoms with van der Waals surface area (Å²) in [6.45, 7) is 2.72. The van der Waals surface area contributed by atoms with Gasteiger partial charge in [-0.2, -0.15) is 0 Å². The molecule has 14 heteroatoms. The molecular weight excluding hydrogens is 1000 g/mol. The van der Waals surface area contributed by atoms with Gasteiger partial charge in [-0.15, -0.1) is 0 Å². The normalized spacial score (nSPS) is 25.0. The van der Waals surface area contributed by atoms with Gasteiger partial charge in [-0.05, 0) is 70.6 Å². The fraction of sp³-hybridized carbons (Fsp3) is 0.769. The van der Waals surface area contributed by atoms with Crippen LogP contribution in [0.15, 0.2) is 85.1 Å². The van der Waals surface area contributed by atoms with Crippen LogP contribution in [-0.4, -0.2) is 140 Å². The highest BCUT2D eigenvalue weighted by molar-refractivity contribution is 5.76. The first-order valence-electron chi connectivity index (χ1n) is 31.3. The maximum Gasteiger partial charge on any atom is 0.220 e. The van der Waals surface area contributed by atoms with Crippen molar-refractivity contribution in [2.75, 3.05) is 19.8 Å². The van der Waals surface area contributed by atoms with Gasteiger partial charge in [0.25, 0.3) is 0 Å². The zero-order valence-corrected chi connectivity index (χ0v) is 49.1. The number of amides is 1. The van der Waals surface area contributed by atoms with Crippen LogP contribution in [0.1, 0.15) is 226 Å². The van der Waals surface area contributed by atoms with E-state index in [9.17, 15) is 45.6 Å². The fourth-order valence-corrected chi connectivity index (χ4v) is 9.86. The van der Waals surface area contributed by atoms with E-state index in [1.165, 1.54) is 96.3 Å². The lowest BCUT2D eigenvalue weighted by molar-refractivity contribution is -0.359. The van der Waals surface area contributed by atoms with Gasteiger partial charge in [-0.25, -0.2) is 0 Å². The second-order valence-corrected chi connectivity index (χ2v) is 21.8. The van der Waals surface area contributed by atoms with E-state index >= 15 is 0 Å². The summed E-state index contributed by atoms with van der Waals surface area (Å²) in [6.07, 6.45) is 50.4. The third-order valence-electron chi connectivity index (χ3n) is 14.9. The molecule has 14 nitrogen and oxygen atoms in total. The highest BCUT2D eigenvalue weighted by Crippen LogP contribution is 2.30. The molecule has 0 saturated carbocycles. The first-order valence-corrected chi connectivity index (χ1v) is 31.3. The Morgan fingerprint density at radius 3 is 1.34 bits per heavy atom. The Bertz CT molecular complexity index is 1650. The number of aliphatic hydroxyl groups excluding tert-OH is 8. The highest BCUT2D eigenvalue weighted by atomic mass is 16.7. The zero-order chi connectivity index (χ0) is 57.4. The van der Waals surface area contributed by atoms with Crippen LogP contribution in [0.2, 0.25) is 0 Å². The summed E-state index contributed by atoms with van der Waals surface area (Å²) in [6, 6.07) is -0.832. The van der Waals surface area contributed by atoms with E-state index < -0.39 is 86.8 Å². The Labute approximate surface area is 478 Å². The maximum atomic E-state index is 13.3. The number of hydrogen-bond donors (Lipinski definition) is 9. The van der Waals surface area contributed by atoms with Crippen LogP contribution in [0.25, 0.3) is 0 Å². The summed E-state index contributed by atoms with van der Waals surface area (Å²) in [7, 11) is 0. The van der Waals surface area contributed by atoms with Crippen molar-refractivity contribution in [3.05, 3.63) is 85.1 Å². The molecule has 2 aliphatic heterocycles. The quantitative estimate of drug-likeness (QED) is 0.0204. The molecule has 2 saturated heterocycles. The minimum atomic E-state index is -1.78. The molecule has 2 aliphatic rings. The molecule has 0 aliphatic carbocycles. The summed E-state index contributed by atoms with van der Waals surface area (Å²) in [5.41, 5.74) is 0. The molecule has 1 amide bonds. The fourth-order valence-electron chi connectivity index (χ4n) is 9.86. The molecule has 0 bridgehead atoms. The van der Waals surface area contributed by atoms with Crippen LogP contribution in [-0.2, 0) is 23.7 Å². The van der Waals surface area contributed by atoms with Crippen LogP contribution >= 0.6 is 0 Å². The molecule has 2 rings (SSSR count). The van der Waals surface area contributed by atoms with E-state index in [2.05, 4.69) is 104 Å². The van der Waals surface area contributed by atoms with Crippen LogP contribution in [0.4, 0.5) is 0 Å². The van der Waals surface area contributed by atoms with Crippen LogP contribution in [0, 0.1) is 0 Å². The lowest BCUT2D eigenvalue weighted by atomic mass is 9.97. The van der Waals surface area contributed by atoms with Crippen molar-refractivity contribution in [1.29, 1.82) is 0 Å². The predicted octanol–water partition coefficient (Wildman–Crippen LogP) is 11.3. The first-order chi connectivity index (χ1) is 38.6. The number of rotatable bonds is 49. The predicted molar refractivity (Wildman–Crippen MR) is 318 cm³/mol. The summed E-state index contributed by atoms with van der Waals surface area (Å²) in [5.74, 6) is -0.213. The van der Waals surface area contributed by atoms with E-state index in [0.29, 0.717) is 12.8 Å². The van der Waals surface area contributed by atoms with Crippen molar-refractivity contribution in [3.63, 3.8) is 0 Å². The van der Waals surface area contributed by atoms with Gasteiger partial charge in [0, 0.05) is 6.42 Å². The maximum absolute atomic E-state index is 13.3. The number of carbonyl (C=O) groups excluding carboxylic acids is 1. The third kappa shape index (κ3) is 35.0. The van der Waals surface area contributed by atoms with Gasteiger partial charge in [0.1, 0.15) is 48.8 Å². The van der Waals surface area contributed by atoms with Crippen molar-refractivity contribution in [2.24, 2.45) is 0 Å². The van der Waals surface area contributed by atoms with E-state index in [0.717, 1.165) is 103 Å². The van der Waals surface area contributed by atoms with Crippen LogP contribution < -0.4 is 5.32 Å². The van der Waals surface area contributed by atoms with Crippen molar-refractivity contribution < 1.29 is 64.6 Å². The number of nitrogens with one attached hydrogen (secondary N) is 1. The molecule has 0 spiro atoms. The number of unbranched alkanes of at least 4 members (excludes halogenated alkanes) is 22. The van der Waals surface area contributed by atoms with Crippen molar-refractivity contribution in [2.45, 2.75) is 299 Å². The Balaban J connectivity index is 1.60. The second kappa shape index (κ2) is 49.8. The highest BCUT2D eigenvalue weighted by Gasteiger charge is 2.51. The molecule has 2 fully saturated rings. The van der Waals surface area contributed by atoms with Crippen molar-refractivity contribution in [1.82, 2.24) is 5.32 Å². The number of allylic oxidation sites excluding steroid dienone is 14. The summed E-state index contributed by atoms with van der Waals surface area (Å²) >= 11 is 0. The van der Waals surface area contributed by atoms with Gasteiger partial charge in [-0.3, -0.25) is 4.79 Å². The van der Waals surface area contributed by atoms with E-state index in [1.807, 2.05) is 0 Å². The molecule has 2 heterocycles. The molecule has 0 radical (unpaired) electrons. The van der Waals surface area contributed by atoms with Crippen LogP contribution in [0.5, 0.6) is 0 Å². The van der Waals surface area contributed by atoms with E-state index in [1.54, 1.807) is 0 Å². The average Bonchev–Trinajstić information content (AvgIpc) is 3.47. The first kappa shape index (κ1) is 72.3. The largest absolute Gasteiger partial charge is 0.394 e. The minimum absolute atomic E-state index is 0.213. The average molecular weight is 1120 g/mol. The Morgan fingerprint density at radius 1 is 0.468 bits per heavy atom. The smallest absolute Gasteiger partial charge is 0.220 e. The number of aliphatic hydroxyl groups is 8. The lowest BCUT2D eigenvalue weighted by Gasteiger charge is -2.46. The molecule has 79 heavy (non-hydrogen) atoms. The summed E-state index contributed by atoms with van der Waals surface area (Å²) < 4.78 is 22.8. The van der Waals surface area contributed by atoms with Crippen LogP contribution in [0.3, 0.4) is 0 Å². The van der Waals surface area contributed by atoms with Gasteiger partial charge >= 0.3 is 0 Å². The molecule has 0 aromatic rings. The lowest BCUT2D eigenvalue weighted by Crippen LogP contribution is -2.65. The van der Waals surface area contributed by atoms with Gasteiger partial charge in [-0.1, -0.05) is 234 Å². The monoisotopic (exact) mass is 1120 g/mol.